The molecular formula is C15H26N6O5. The molecule has 0 aliphatic carbocycles. The molecule has 0 spiro atoms. The number of carbonyl (C=O) groups excluding carboxylic acids is 2. The zero-order chi connectivity index (χ0) is 19.5. The molecule has 0 saturated carbocycles. The van der Waals surface area contributed by atoms with E-state index in [-0.39, 0.29) is 12.8 Å². The van der Waals surface area contributed by atoms with Gasteiger partial charge in [0.2, 0.25) is 11.8 Å². The van der Waals surface area contributed by atoms with Crippen LogP contribution in [-0.4, -0.2) is 69.2 Å². The number of rotatable bonds is 12. The second kappa shape index (κ2) is 11.2. The fourth-order valence-corrected chi connectivity index (χ4v) is 2.21. The standard InChI is InChI=1S/C15H26N6O5/c16-4-2-1-3-11(15(25)26)20-14(24)12(5-9-6-18-8-19-9)21-13(23)10(17)7-22/h6,8,10-12,22H,1-5,7,16-17H2,(H,18,19)(H,20,24)(H,21,23)(H,25,26). The molecule has 2 amide bonds. The van der Waals surface area contributed by atoms with E-state index in [1.165, 1.54) is 12.5 Å². The third-order valence-corrected chi connectivity index (χ3v) is 3.71. The molecule has 0 bridgehead atoms. The Morgan fingerprint density at radius 1 is 1.19 bits per heavy atom. The van der Waals surface area contributed by atoms with Gasteiger partial charge in [-0.2, -0.15) is 0 Å². The Morgan fingerprint density at radius 3 is 2.42 bits per heavy atom. The van der Waals surface area contributed by atoms with Crippen molar-refractivity contribution in [2.75, 3.05) is 13.2 Å². The molecule has 9 N–H and O–H groups in total. The number of carbonyl (C=O) groups is 3. The molecule has 0 radical (unpaired) electrons. The number of nitrogens with two attached hydrogens (primary N) is 2. The van der Waals surface area contributed by atoms with Crippen molar-refractivity contribution in [3.63, 3.8) is 0 Å². The number of nitrogens with zero attached hydrogens (tertiary/aromatic N) is 1. The molecule has 1 rings (SSSR count). The zero-order valence-electron chi connectivity index (χ0n) is 14.4. The molecule has 3 unspecified atom stereocenters. The highest BCUT2D eigenvalue weighted by Crippen LogP contribution is 2.04. The Bertz CT molecular complexity index is 579. The largest absolute Gasteiger partial charge is 0.480 e. The minimum atomic E-state index is -1.19. The number of imidazole rings is 1. The van der Waals surface area contributed by atoms with E-state index in [1.807, 2.05) is 0 Å². The molecule has 0 aliphatic rings. The number of unbranched alkanes of at least 4 members (excludes halogenated alkanes) is 1. The summed E-state index contributed by atoms with van der Waals surface area (Å²) in [6, 6.07) is -3.36. The SMILES string of the molecule is NCCCCC(NC(=O)C(Cc1cnc[nH]1)NC(=O)C(N)CO)C(=O)O. The molecule has 0 aromatic carbocycles. The zero-order valence-corrected chi connectivity index (χ0v) is 14.4. The molecule has 1 heterocycles. The first kappa shape index (κ1) is 21.5. The quantitative estimate of drug-likeness (QED) is 0.195. The van der Waals surface area contributed by atoms with Gasteiger partial charge in [0.1, 0.15) is 18.1 Å². The van der Waals surface area contributed by atoms with Gasteiger partial charge in [-0.1, -0.05) is 0 Å². The Kier molecular flexibility index (Phi) is 9.26. The van der Waals surface area contributed by atoms with Gasteiger partial charge in [0.05, 0.1) is 12.9 Å². The van der Waals surface area contributed by atoms with E-state index < -0.39 is 42.5 Å². The fraction of sp³-hybridized carbons (Fsp3) is 0.600. The Labute approximate surface area is 150 Å². The predicted molar refractivity (Wildman–Crippen MR) is 91.8 cm³/mol. The number of hydrogen-bond donors (Lipinski definition) is 7. The van der Waals surface area contributed by atoms with Crippen molar-refractivity contribution >= 4 is 17.8 Å². The first-order chi connectivity index (χ1) is 12.4. The molecule has 146 valence electrons. The van der Waals surface area contributed by atoms with Crippen LogP contribution in [0.15, 0.2) is 12.5 Å². The number of aromatic amines is 1. The topological polar surface area (TPSA) is 196 Å². The summed E-state index contributed by atoms with van der Waals surface area (Å²) < 4.78 is 0. The highest BCUT2D eigenvalue weighted by atomic mass is 16.4. The van der Waals surface area contributed by atoms with Gasteiger partial charge in [-0.15, -0.1) is 0 Å². The van der Waals surface area contributed by atoms with Crippen LogP contribution in [0.4, 0.5) is 0 Å². The van der Waals surface area contributed by atoms with Crippen LogP contribution in [0.25, 0.3) is 0 Å². The number of amides is 2. The van der Waals surface area contributed by atoms with Crippen molar-refractivity contribution in [2.45, 2.75) is 43.8 Å². The lowest BCUT2D eigenvalue weighted by atomic mass is 10.1. The summed E-state index contributed by atoms with van der Waals surface area (Å²) >= 11 is 0. The average molecular weight is 370 g/mol. The van der Waals surface area contributed by atoms with E-state index >= 15 is 0 Å². The summed E-state index contributed by atoms with van der Waals surface area (Å²) in [5, 5.41) is 23.1. The van der Waals surface area contributed by atoms with Crippen molar-refractivity contribution in [1.82, 2.24) is 20.6 Å². The molecule has 11 nitrogen and oxygen atoms in total. The third kappa shape index (κ3) is 7.17. The smallest absolute Gasteiger partial charge is 0.326 e. The highest BCUT2D eigenvalue weighted by Gasteiger charge is 2.28. The summed E-state index contributed by atoms with van der Waals surface area (Å²) in [4.78, 5) is 42.4. The number of aliphatic hydroxyl groups is 1. The molecule has 26 heavy (non-hydrogen) atoms. The lowest BCUT2D eigenvalue weighted by Gasteiger charge is -2.22. The highest BCUT2D eigenvalue weighted by molar-refractivity contribution is 5.91. The van der Waals surface area contributed by atoms with Gasteiger partial charge in [-0.3, -0.25) is 9.59 Å². The Hall–Kier alpha value is -2.50. The van der Waals surface area contributed by atoms with Gasteiger partial charge in [0.25, 0.3) is 0 Å². The molecule has 0 fully saturated rings. The van der Waals surface area contributed by atoms with Crippen LogP contribution in [0.3, 0.4) is 0 Å². The maximum absolute atomic E-state index is 12.5. The monoisotopic (exact) mass is 370 g/mol. The number of hydrogen-bond acceptors (Lipinski definition) is 7. The van der Waals surface area contributed by atoms with E-state index in [0.29, 0.717) is 25.1 Å². The first-order valence-electron chi connectivity index (χ1n) is 8.26. The van der Waals surface area contributed by atoms with Crippen LogP contribution in [0.5, 0.6) is 0 Å². The van der Waals surface area contributed by atoms with Crippen LogP contribution in [0.1, 0.15) is 25.0 Å². The van der Waals surface area contributed by atoms with Gasteiger partial charge in [0.15, 0.2) is 0 Å². The summed E-state index contributed by atoms with van der Waals surface area (Å²) in [5.74, 6) is -2.56. The van der Waals surface area contributed by atoms with Crippen molar-refractivity contribution in [3.8, 4) is 0 Å². The minimum Gasteiger partial charge on any atom is -0.480 e. The van der Waals surface area contributed by atoms with Gasteiger partial charge in [0, 0.05) is 18.3 Å². The van der Waals surface area contributed by atoms with Crippen molar-refractivity contribution in [1.29, 1.82) is 0 Å². The second-order valence-corrected chi connectivity index (χ2v) is 5.82. The van der Waals surface area contributed by atoms with Crippen LogP contribution in [0.2, 0.25) is 0 Å². The second-order valence-electron chi connectivity index (χ2n) is 5.82. The van der Waals surface area contributed by atoms with Crippen LogP contribution in [0, 0.1) is 0 Å². The van der Waals surface area contributed by atoms with E-state index in [1.54, 1.807) is 0 Å². The van der Waals surface area contributed by atoms with E-state index in [4.69, 9.17) is 16.6 Å². The lowest BCUT2D eigenvalue weighted by molar-refractivity contribution is -0.142. The maximum Gasteiger partial charge on any atom is 0.326 e. The van der Waals surface area contributed by atoms with Crippen molar-refractivity contribution < 1.29 is 24.6 Å². The number of nitrogens with one attached hydrogen (secondary N) is 3. The van der Waals surface area contributed by atoms with Crippen LogP contribution < -0.4 is 22.1 Å². The van der Waals surface area contributed by atoms with Crippen molar-refractivity contribution in [3.05, 3.63) is 18.2 Å². The van der Waals surface area contributed by atoms with Crippen molar-refractivity contribution in [2.24, 2.45) is 11.5 Å². The summed E-state index contributed by atoms with van der Waals surface area (Å²) in [6.45, 7) is -0.154. The number of carboxylic acid groups (broad SMARTS) is 1. The average Bonchev–Trinajstić information content (AvgIpc) is 3.12. The minimum absolute atomic E-state index is 0.0604. The molecule has 0 saturated heterocycles. The third-order valence-electron chi connectivity index (χ3n) is 3.71. The summed E-state index contributed by atoms with van der Waals surface area (Å²) in [7, 11) is 0. The fourth-order valence-electron chi connectivity index (χ4n) is 2.21. The van der Waals surface area contributed by atoms with E-state index in [2.05, 4.69) is 20.6 Å². The van der Waals surface area contributed by atoms with Gasteiger partial charge >= 0.3 is 5.97 Å². The Balaban J connectivity index is 2.80. The molecule has 0 aliphatic heterocycles. The van der Waals surface area contributed by atoms with Gasteiger partial charge in [-0.05, 0) is 25.8 Å². The summed E-state index contributed by atoms with van der Waals surface area (Å²) in [6.07, 6.45) is 4.36. The van der Waals surface area contributed by atoms with Crippen LogP contribution >= 0.6 is 0 Å². The predicted octanol–water partition coefficient (Wildman–Crippen LogP) is -2.54. The maximum atomic E-state index is 12.5. The summed E-state index contributed by atoms with van der Waals surface area (Å²) in [5.41, 5.74) is 11.4. The van der Waals surface area contributed by atoms with Gasteiger partial charge < -0.3 is 37.3 Å². The normalized spacial score (nSPS) is 14.3. The molecular weight excluding hydrogens is 344 g/mol. The van der Waals surface area contributed by atoms with Crippen LogP contribution in [-0.2, 0) is 20.8 Å². The first-order valence-corrected chi connectivity index (χ1v) is 8.26. The molecule has 1 aromatic heterocycles. The number of carboxylic acids is 1. The Morgan fingerprint density at radius 2 is 1.88 bits per heavy atom. The van der Waals surface area contributed by atoms with E-state index in [9.17, 15) is 19.5 Å². The number of aliphatic hydroxyl groups excluding tert-OH is 1. The number of aromatic nitrogens is 2. The molecule has 11 heteroatoms. The lowest BCUT2D eigenvalue weighted by Crippen LogP contribution is -2.55. The number of aliphatic carboxylic acids is 1. The number of H-pyrrole nitrogens is 1. The van der Waals surface area contributed by atoms with Gasteiger partial charge in [-0.25, -0.2) is 9.78 Å². The van der Waals surface area contributed by atoms with E-state index in [0.717, 1.165) is 0 Å². The molecule has 1 aromatic rings. The molecule has 3 atom stereocenters.